The van der Waals surface area contributed by atoms with Gasteiger partial charge in [-0.05, 0) is 57.5 Å². The van der Waals surface area contributed by atoms with Crippen molar-refractivity contribution >= 4 is 5.91 Å². The molecule has 2 atom stereocenters. The highest BCUT2D eigenvalue weighted by molar-refractivity contribution is 5.94. The fourth-order valence-corrected chi connectivity index (χ4v) is 4.33. The van der Waals surface area contributed by atoms with Gasteiger partial charge in [-0.1, -0.05) is 25.9 Å². The predicted octanol–water partition coefficient (Wildman–Crippen LogP) is 3.38. The Hall–Kier alpha value is -1.36. The molecule has 5 nitrogen and oxygen atoms in total. The lowest BCUT2D eigenvalue weighted by molar-refractivity contribution is 0.0563. The molecular weight excluding hydrogens is 314 g/mol. The van der Waals surface area contributed by atoms with Gasteiger partial charge < -0.3 is 14.3 Å². The van der Waals surface area contributed by atoms with Gasteiger partial charge in [0.1, 0.15) is 5.76 Å². The number of aryl methyl sites for hydroxylation is 1. The molecule has 0 N–H and O–H groups in total. The van der Waals surface area contributed by atoms with E-state index in [0.29, 0.717) is 11.6 Å². The lowest BCUT2D eigenvalue weighted by atomic mass is 9.71. The highest BCUT2D eigenvalue weighted by Crippen LogP contribution is 2.38. The molecular formula is C20H33N3O2. The van der Waals surface area contributed by atoms with E-state index in [-0.39, 0.29) is 17.4 Å². The molecule has 0 aromatic carbocycles. The molecule has 1 fully saturated rings. The number of hydrogen-bond donors (Lipinski definition) is 0. The molecule has 0 saturated carbocycles. The van der Waals surface area contributed by atoms with Crippen molar-refractivity contribution in [3.8, 4) is 0 Å². The molecule has 1 aromatic rings. The van der Waals surface area contributed by atoms with Crippen molar-refractivity contribution in [2.45, 2.75) is 65.3 Å². The number of piperidine rings is 1. The Morgan fingerprint density at radius 2 is 2.04 bits per heavy atom. The summed E-state index contributed by atoms with van der Waals surface area (Å²) in [6, 6.07) is 0.283. The lowest BCUT2D eigenvalue weighted by Crippen LogP contribution is -2.48. The fraction of sp³-hybridized carbons (Fsp3) is 0.800. The number of carbonyl (C=O) groups is 1. The van der Waals surface area contributed by atoms with Crippen molar-refractivity contribution < 1.29 is 9.32 Å². The molecule has 1 aliphatic heterocycles. The summed E-state index contributed by atoms with van der Waals surface area (Å²) in [4.78, 5) is 17.5. The molecule has 2 unspecified atom stereocenters. The number of likely N-dealkylation sites (N-methyl/N-ethyl adjacent to an activating group) is 1. The molecule has 0 bridgehead atoms. The van der Waals surface area contributed by atoms with Gasteiger partial charge in [0.15, 0.2) is 5.69 Å². The van der Waals surface area contributed by atoms with Gasteiger partial charge in [-0.2, -0.15) is 0 Å². The third-order valence-corrected chi connectivity index (χ3v) is 5.93. The SMILES string of the molecule is CN(C)CC1CCCCN1C(=O)c1noc2c1CC(C(C)(C)C)CC2. The standard InChI is InChI=1S/C20H33N3O2/c1-20(2,3)14-9-10-17-16(12-14)18(21-25-17)19(24)23-11-7-6-8-15(23)13-22(4)5/h14-15H,6-13H2,1-5H3. The highest BCUT2D eigenvalue weighted by Gasteiger charge is 2.37. The van der Waals surface area contributed by atoms with Crippen LogP contribution in [0, 0.1) is 11.3 Å². The van der Waals surface area contributed by atoms with Crippen LogP contribution >= 0.6 is 0 Å². The molecule has 1 saturated heterocycles. The van der Waals surface area contributed by atoms with Gasteiger partial charge >= 0.3 is 0 Å². The van der Waals surface area contributed by atoms with Crippen LogP contribution in [0.5, 0.6) is 0 Å². The second-order valence-corrected chi connectivity index (χ2v) is 9.15. The average Bonchev–Trinajstić information content (AvgIpc) is 2.96. The largest absolute Gasteiger partial charge is 0.360 e. The molecule has 5 heteroatoms. The van der Waals surface area contributed by atoms with Gasteiger partial charge in [-0.3, -0.25) is 4.79 Å². The number of amides is 1. The number of nitrogens with zero attached hydrogens (tertiary/aromatic N) is 3. The number of carbonyl (C=O) groups excluding carboxylic acids is 1. The van der Waals surface area contributed by atoms with Crippen LogP contribution in [-0.4, -0.2) is 54.1 Å². The molecule has 3 rings (SSSR count). The van der Waals surface area contributed by atoms with Crippen molar-refractivity contribution in [1.29, 1.82) is 0 Å². The van der Waals surface area contributed by atoms with Crippen LogP contribution in [0.25, 0.3) is 0 Å². The van der Waals surface area contributed by atoms with Gasteiger partial charge in [0.25, 0.3) is 5.91 Å². The lowest BCUT2D eigenvalue weighted by Gasteiger charge is -2.37. The summed E-state index contributed by atoms with van der Waals surface area (Å²) in [6.45, 7) is 8.61. The molecule has 0 spiro atoms. The first-order valence-electron chi connectivity index (χ1n) is 9.70. The monoisotopic (exact) mass is 347 g/mol. The van der Waals surface area contributed by atoms with E-state index in [4.69, 9.17) is 4.52 Å². The maximum absolute atomic E-state index is 13.3. The summed E-state index contributed by atoms with van der Waals surface area (Å²) in [5.41, 5.74) is 1.90. The second-order valence-electron chi connectivity index (χ2n) is 9.15. The first-order chi connectivity index (χ1) is 11.8. The second kappa shape index (κ2) is 7.10. The maximum Gasteiger partial charge on any atom is 0.276 e. The minimum Gasteiger partial charge on any atom is -0.360 e. The van der Waals surface area contributed by atoms with Crippen molar-refractivity contribution in [3.63, 3.8) is 0 Å². The number of likely N-dealkylation sites (tertiary alicyclic amines) is 1. The first-order valence-corrected chi connectivity index (χ1v) is 9.70. The topological polar surface area (TPSA) is 49.6 Å². The quantitative estimate of drug-likeness (QED) is 0.841. The minimum atomic E-state index is 0.0751. The van der Waals surface area contributed by atoms with Crippen molar-refractivity contribution in [1.82, 2.24) is 15.0 Å². The van der Waals surface area contributed by atoms with E-state index < -0.39 is 0 Å². The van der Waals surface area contributed by atoms with Gasteiger partial charge in [0.2, 0.25) is 0 Å². The highest BCUT2D eigenvalue weighted by atomic mass is 16.5. The van der Waals surface area contributed by atoms with Gasteiger partial charge in [0.05, 0.1) is 0 Å². The van der Waals surface area contributed by atoms with E-state index in [1.807, 2.05) is 4.90 Å². The van der Waals surface area contributed by atoms with Crippen LogP contribution in [0.15, 0.2) is 4.52 Å². The van der Waals surface area contributed by atoms with E-state index >= 15 is 0 Å². The average molecular weight is 348 g/mol. The summed E-state index contributed by atoms with van der Waals surface area (Å²) in [5, 5.41) is 4.22. The van der Waals surface area contributed by atoms with Crippen LogP contribution in [0.4, 0.5) is 0 Å². The molecule has 1 amide bonds. The van der Waals surface area contributed by atoms with Crippen LogP contribution in [0.2, 0.25) is 0 Å². The van der Waals surface area contributed by atoms with Crippen LogP contribution in [0.1, 0.15) is 68.3 Å². The Morgan fingerprint density at radius 3 is 2.72 bits per heavy atom. The Labute approximate surface area is 151 Å². The van der Waals surface area contributed by atoms with Gasteiger partial charge in [-0.25, -0.2) is 0 Å². The van der Waals surface area contributed by atoms with Crippen molar-refractivity contribution in [2.24, 2.45) is 11.3 Å². The Kier molecular flexibility index (Phi) is 5.24. The van der Waals surface area contributed by atoms with E-state index in [0.717, 1.165) is 56.5 Å². The van der Waals surface area contributed by atoms with E-state index in [2.05, 4.69) is 44.9 Å². The molecule has 1 aromatic heterocycles. The fourth-order valence-electron chi connectivity index (χ4n) is 4.33. The zero-order valence-electron chi connectivity index (χ0n) is 16.5. The summed E-state index contributed by atoms with van der Waals surface area (Å²) in [5.74, 6) is 1.58. The van der Waals surface area contributed by atoms with Gasteiger partial charge in [-0.15, -0.1) is 0 Å². The van der Waals surface area contributed by atoms with E-state index in [1.165, 1.54) is 6.42 Å². The summed E-state index contributed by atoms with van der Waals surface area (Å²) in [6.07, 6.45) is 6.29. The normalized spacial score (nSPS) is 24.5. The summed E-state index contributed by atoms with van der Waals surface area (Å²) in [7, 11) is 4.15. The smallest absolute Gasteiger partial charge is 0.276 e. The molecule has 0 radical (unpaired) electrons. The molecule has 2 aliphatic rings. The maximum atomic E-state index is 13.3. The number of hydrogen-bond acceptors (Lipinski definition) is 4. The molecule has 1 aliphatic carbocycles. The number of fused-ring (bicyclic) bond motifs is 1. The predicted molar refractivity (Wildman–Crippen MR) is 98.7 cm³/mol. The third-order valence-electron chi connectivity index (χ3n) is 5.93. The number of rotatable bonds is 3. The third kappa shape index (κ3) is 3.91. The van der Waals surface area contributed by atoms with Crippen molar-refractivity contribution in [2.75, 3.05) is 27.2 Å². The Bertz CT molecular complexity index is 615. The first kappa shape index (κ1) is 18.4. The number of aromatic nitrogens is 1. The summed E-state index contributed by atoms with van der Waals surface area (Å²) >= 11 is 0. The zero-order valence-corrected chi connectivity index (χ0v) is 16.5. The van der Waals surface area contributed by atoms with Crippen LogP contribution in [-0.2, 0) is 12.8 Å². The zero-order chi connectivity index (χ0) is 18.2. The molecule has 140 valence electrons. The van der Waals surface area contributed by atoms with E-state index in [9.17, 15) is 4.79 Å². The van der Waals surface area contributed by atoms with Crippen LogP contribution < -0.4 is 0 Å². The van der Waals surface area contributed by atoms with Crippen molar-refractivity contribution in [3.05, 3.63) is 17.0 Å². The van der Waals surface area contributed by atoms with E-state index in [1.54, 1.807) is 0 Å². The Balaban J connectivity index is 1.82. The molecule has 25 heavy (non-hydrogen) atoms. The summed E-state index contributed by atoms with van der Waals surface area (Å²) < 4.78 is 5.57. The minimum absolute atomic E-state index is 0.0751. The molecule has 2 heterocycles. The van der Waals surface area contributed by atoms with Gasteiger partial charge in [0, 0.05) is 31.1 Å². The Morgan fingerprint density at radius 1 is 1.28 bits per heavy atom. The van der Waals surface area contributed by atoms with Crippen LogP contribution in [0.3, 0.4) is 0 Å².